The highest BCUT2D eigenvalue weighted by Gasteiger charge is 2.29. The summed E-state index contributed by atoms with van der Waals surface area (Å²) < 4.78 is 5.62. The maximum atomic E-state index is 13.1. The van der Waals surface area contributed by atoms with Crippen LogP contribution in [0.25, 0.3) is 0 Å². The van der Waals surface area contributed by atoms with Crippen LogP contribution in [0.2, 0.25) is 5.02 Å². The summed E-state index contributed by atoms with van der Waals surface area (Å²) >= 11 is 6.09. The molecule has 1 aromatic carbocycles. The first-order valence-electron chi connectivity index (χ1n) is 8.67. The first kappa shape index (κ1) is 17.1. The van der Waals surface area contributed by atoms with Gasteiger partial charge in [0, 0.05) is 43.0 Å². The number of ether oxygens (including phenoxy) is 1. The molecule has 3 heterocycles. The van der Waals surface area contributed by atoms with Crippen LogP contribution in [0, 0.1) is 0 Å². The van der Waals surface area contributed by atoms with Crippen molar-refractivity contribution in [1.82, 2.24) is 15.1 Å². The smallest absolute Gasteiger partial charge is 0.324 e. The molecule has 8 heteroatoms. The Morgan fingerprint density at radius 1 is 1.12 bits per heavy atom. The second-order valence-electron chi connectivity index (χ2n) is 6.32. The lowest BCUT2D eigenvalue weighted by molar-refractivity contribution is 0.131. The molecule has 4 rings (SSSR count). The van der Waals surface area contributed by atoms with Crippen LogP contribution in [0.4, 0.5) is 16.3 Å². The molecule has 0 N–H and O–H groups in total. The van der Waals surface area contributed by atoms with Gasteiger partial charge >= 0.3 is 6.03 Å². The fraction of sp³-hybridized carbons (Fsp3) is 0.389. The topological polar surface area (TPSA) is 61.8 Å². The molecule has 0 atom stereocenters. The van der Waals surface area contributed by atoms with Crippen molar-refractivity contribution in [3.8, 4) is 0 Å². The number of hydrogen-bond donors (Lipinski definition) is 0. The van der Waals surface area contributed by atoms with Crippen LogP contribution < -0.4 is 9.80 Å². The summed E-state index contributed by atoms with van der Waals surface area (Å²) in [7, 11) is 0. The molecule has 0 bridgehead atoms. The third kappa shape index (κ3) is 3.45. The summed E-state index contributed by atoms with van der Waals surface area (Å²) in [6.45, 7) is 4.30. The first-order valence-corrected chi connectivity index (χ1v) is 9.05. The number of fused-ring (bicyclic) bond motifs is 1. The molecule has 0 saturated carbocycles. The lowest BCUT2D eigenvalue weighted by atomic mass is 10.1. The summed E-state index contributed by atoms with van der Waals surface area (Å²) in [5, 5.41) is 8.72. The Labute approximate surface area is 157 Å². The Bertz CT molecular complexity index is 780. The van der Waals surface area contributed by atoms with Gasteiger partial charge in [0.05, 0.1) is 25.4 Å². The highest BCUT2D eigenvalue weighted by Crippen LogP contribution is 2.28. The third-order valence-corrected chi connectivity index (χ3v) is 4.95. The van der Waals surface area contributed by atoms with Gasteiger partial charge in [0.25, 0.3) is 0 Å². The number of piperazine rings is 1. The van der Waals surface area contributed by atoms with Crippen molar-refractivity contribution in [3.05, 3.63) is 47.1 Å². The number of hydrogen-bond acceptors (Lipinski definition) is 5. The SMILES string of the molecule is O=C(N1CCN(c2cccnn2)CC1)N1CCOCc2cc(Cl)ccc21. The largest absolute Gasteiger partial charge is 0.375 e. The van der Waals surface area contributed by atoms with Gasteiger partial charge < -0.3 is 14.5 Å². The van der Waals surface area contributed by atoms with Gasteiger partial charge in [-0.3, -0.25) is 4.90 Å². The second-order valence-corrected chi connectivity index (χ2v) is 6.75. The molecular formula is C18H20ClN5O2. The number of anilines is 2. The van der Waals surface area contributed by atoms with Crippen LogP contribution in [0.15, 0.2) is 36.5 Å². The standard InChI is InChI=1S/C18H20ClN5O2/c19-15-3-4-16-14(12-15)13-26-11-10-24(16)18(25)23-8-6-22(7-9-23)17-2-1-5-20-21-17/h1-5,12H,6-11,13H2. The zero-order valence-corrected chi connectivity index (χ0v) is 15.1. The van der Waals surface area contributed by atoms with Crippen LogP contribution in [0.1, 0.15) is 5.56 Å². The third-order valence-electron chi connectivity index (χ3n) is 4.71. The van der Waals surface area contributed by atoms with Crippen molar-refractivity contribution in [2.24, 2.45) is 0 Å². The predicted molar refractivity (Wildman–Crippen MR) is 99.7 cm³/mol. The maximum absolute atomic E-state index is 13.1. The minimum Gasteiger partial charge on any atom is -0.375 e. The fourth-order valence-corrected chi connectivity index (χ4v) is 3.54. The molecule has 1 aromatic heterocycles. The van der Waals surface area contributed by atoms with Crippen molar-refractivity contribution >= 4 is 29.1 Å². The van der Waals surface area contributed by atoms with E-state index in [1.165, 1.54) is 0 Å². The van der Waals surface area contributed by atoms with E-state index in [0.717, 1.165) is 30.2 Å². The number of rotatable bonds is 1. The molecule has 2 aromatic rings. The minimum absolute atomic E-state index is 0.0119. The summed E-state index contributed by atoms with van der Waals surface area (Å²) in [5.74, 6) is 0.850. The Kier molecular flexibility index (Phi) is 4.90. The van der Waals surface area contributed by atoms with E-state index in [1.807, 2.05) is 35.2 Å². The van der Waals surface area contributed by atoms with Crippen molar-refractivity contribution in [1.29, 1.82) is 0 Å². The number of nitrogens with zero attached hydrogens (tertiary/aromatic N) is 5. The summed E-state index contributed by atoms with van der Waals surface area (Å²) in [4.78, 5) is 19.0. The number of carbonyl (C=O) groups is 1. The molecule has 1 saturated heterocycles. The number of amides is 2. The summed E-state index contributed by atoms with van der Waals surface area (Å²) in [6.07, 6.45) is 1.66. The van der Waals surface area contributed by atoms with Gasteiger partial charge in [-0.05, 0) is 30.3 Å². The quantitative estimate of drug-likeness (QED) is 0.768. The average Bonchev–Trinajstić information content (AvgIpc) is 2.90. The molecule has 0 radical (unpaired) electrons. The number of carbonyl (C=O) groups excluding carboxylic acids is 1. The molecular weight excluding hydrogens is 354 g/mol. The van der Waals surface area contributed by atoms with E-state index >= 15 is 0 Å². The molecule has 26 heavy (non-hydrogen) atoms. The zero-order chi connectivity index (χ0) is 17.9. The second kappa shape index (κ2) is 7.47. The van der Waals surface area contributed by atoms with E-state index in [-0.39, 0.29) is 6.03 Å². The van der Waals surface area contributed by atoms with Gasteiger partial charge in [0.2, 0.25) is 0 Å². The molecule has 2 aliphatic rings. The molecule has 0 aliphatic carbocycles. The lowest BCUT2D eigenvalue weighted by Crippen LogP contribution is -2.53. The van der Waals surface area contributed by atoms with Crippen molar-refractivity contribution in [2.45, 2.75) is 6.61 Å². The van der Waals surface area contributed by atoms with E-state index in [1.54, 1.807) is 11.1 Å². The fourth-order valence-electron chi connectivity index (χ4n) is 3.35. The van der Waals surface area contributed by atoms with E-state index in [2.05, 4.69) is 15.1 Å². The van der Waals surface area contributed by atoms with Crippen LogP contribution in [0.5, 0.6) is 0 Å². The lowest BCUT2D eigenvalue weighted by Gasteiger charge is -2.37. The monoisotopic (exact) mass is 373 g/mol. The summed E-state index contributed by atoms with van der Waals surface area (Å²) in [6, 6.07) is 9.42. The number of aromatic nitrogens is 2. The normalized spacial score (nSPS) is 17.7. The highest BCUT2D eigenvalue weighted by atomic mass is 35.5. The van der Waals surface area contributed by atoms with Gasteiger partial charge in [-0.15, -0.1) is 5.10 Å². The molecule has 0 unspecified atom stereocenters. The Morgan fingerprint density at radius 3 is 2.73 bits per heavy atom. The zero-order valence-electron chi connectivity index (χ0n) is 14.3. The molecule has 2 aliphatic heterocycles. The Hall–Kier alpha value is -2.38. The van der Waals surface area contributed by atoms with Crippen LogP contribution in [0.3, 0.4) is 0 Å². The van der Waals surface area contributed by atoms with Crippen molar-refractivity contribution in [2.75, 3.05) is 49.1 Å². The molecule has 7 nitrogen and oxygen atoms in total. The molecule has 2 amide bonds. The maximum Gasteiger partial charge on any atom is 0.324 e. The minimum atomic E-state index is 0.0119. The van der Waals surface area contributed by atoms with Crippen LogP contribution >= 0.6 is 11.6 Å². The average molecular weight is 374 g/mol. The number of benzene rings is 1. The van der Waals surface area contributed by atoms with E-state index < -0.39 is 0 Å². The number of urea groups is 1. The first-order chi connectivity index (χ1) is 12.7. The van der Waals surface area contributed by atoms with E-state index in [9.17, 15) is 4.79 Å². The van der Waals surface area contributed by atoms with E-state index in [4.69, 9.17) is 16.3 Å². The van der Waals surface area contributed by atoms with Gasteiger partial charge in [-0.1, -0.05) is 11.6 Å². The molecule has 1 fully saturated rings. The number of halogens is 1. The molecule has 0 spiro atoms. The highest BCUT2D eigenvalue weighted by molar-refractivity contribution is 6.30. The molecule has 136 valence electrons. The Morgan fingerprint density at radius 2 is 1.96 bits per heavy atom. The predicted octanol–water partition coefficient (Wildman–Crippen LogP) is 2.41. The van der Waals surface area contributed by atoms with Crippen molar-refractivity contribution < 1.29 is 9.53 Å². The Balaban J connectivity index is 1.47. The summed E-state index contributed by atoms with van der Waals surface area (Å²) in [5.41, 5.74) is 1.83. The van der Waals surface area contributed by atoms with E-state index in [0.29, 0.717) is 37.9 Å². The van der Waals surface area contributed by atoms with Gasteiger partial charge in [-0.2, -0.15) is 5.10 Å². The van der Waals surface area contributed by atoms with Crippen LogP contribution in [-0.2, 0) is 11.3 Å². The van der Waals surface area contributed by atoms with Gasteiger partial charge in [0.15, 0.2) is 5.82 Å². The van der Waals surface area contributed by atoms with Gasteiger partial charge in [0.1, 0.15) is 0 Å². The van der Waals surface area contributed by atoms with Gasteiger partial charge in [-0.25, -0.2) is 4.79 Å². The van der Waals surface area contributed by atoms with Crippen LogP contribution in [-0.4, -0.2) is 60.5 Å². The van der Waals surface area contributed by atoms with Crippen molar-refractivity contribution in [3.63, 3.8) is 0 Å².